The van der Waals surface area contributed by atoms with Crippen molar-refractivity contribution in [3.8, 4) is 26.8 Å². The van der Waals surface area contributed by atoms with Crippen molar-refractivity contribution in [1.29, 1.82) is 0 Å². The summed E-state index contributed by atoms with van der Waals surface area (Å²) >= 11 is 7.30. The third kappa shape index (κ3) is 3.06. The lowest BCUT2D eigenvalue weighted by Crippen LogP contribution is -1.92. The predicted molar refractivity (Wildman–Crippen MR) is 154 cm³/mol. The predicted octanol–water partition coefficient (Wildman–Crippen LogP) is 9.46. The van der Waals surface area contributed by atoms with Crippen molar-refractivity contribution in [2.75, 3.05) is 0 Å². The molecule has 0 unspecified atom stereocenters. The van der Waals surface area contributed by atoms with E-state index >= 15 is 0 Å². The number of rotatable bonds is 3. The molecule has 8 aromatic rings. The lowest BCUT2D eigenvalue weighted by atomic mass is 10.1. The second kappa shape index (κ2) is 7.57. The van der Waals surface area contributed by atoms with E-state index in [0.717, 1.165) is 16.9 Å². The van der Waals surface area contributed by atoms with Crippen molar-refractivity contribution in [3.05, 3.63) is 89.9 Å². The number of fused-ring (bicyclic) bond motifs is 5. The second-order valence-electron chi connectivity index (χ2n) is 8.36. The number of aromatic nitrogens is 3. The van der Waals surface area contributed by atoms with E-state index in [0.29, 0.717) is 0 Å². The van der Waals surface area contributed by atoms with Crippen LogP contribution in [0.4, 0.5) is 0 Å². The normalized spacial score (nSPS) is 12.0. The monoisotopic (exact) mass is 521 g/mol. The van der Waals surface area contributed by atoms with Gasteiger partial charge in [-0.05, 0) is 70.9 Å². The molecule has 0 aliphatic heterocycles. The van der Waals surface area contributed by atoms with Crippen LogP contribution in [0.1, 0.15) is 0 Å². The van der Waals surface area contributed by atoms with Gasteiger partial charge in [-0.1, -0.05) is 12.1 Å². The summed E-state index contributed by atoms with van der Waals surface area (Å²) in [6.07, 6.45) is 3.83. The van der Waals surface area contributed by atoms with E-state index in [4.69, 9.17) is 4.98 Å². The number of hydrogen-bond acceptors (Lipinski definition) is 6. The van der Waals surface area contributed by atoms with E-state index in [9.17, 15) is 0 Å². The molecule has 0 aliphatic carbocycles. The SMILES string of the molecule is c1ccc(-c2cc3c4cc(-c5cc6sccc6s5)ccc4n(-c4cc5sccc5s4)c3cn2)nc1. The van der Waals surface area contributed by atoms with E-state index in [-0.39, 0.29) is 0 Å². The largest absolute Gasteiger partial charge is 0.299 e. The van der Waals surface area contributed by atoms with E-state index in [1.54, 1.807) is 22.7 Å². The van der Waals surface area contributed by atoms with Gasteiger partial charge in [-0.2, -0.15) is 0 Å². The molecule has 0 saturated heterocycles. The van der Waals surface area contributed by atoms with E-state index in [1.165, 1.54) is 50.5 Å². The summed E-state index contributed by atoms with van der Waals surface area (Å²) in [6, 6.07) is 24.1. The molecular weight excluding hydrogens is 507 g/mol. The minimum absolute atomic E-state index is 0.890. The first-order valence-corrected chi connectivity index (χ1v) is 14.5. The van der Waals surface area contributed by atoms with Crippen molar-refractivity contribution in [1.82, 2.24) is 14.5 Å². The maximum absolute atomic E-state index is 4.83. The van der Waals surface area contributed by atoms with Gasteiger partial charge >= 0.3 is 0 Å². The minimum atomic E-state index is 0.890. The molecule has 0 N–H and O–H groups in total. The summed E-state index contributed by atoms with van der Waals surface area (Å²) in [6.45, 7) is 0. The molecule has 0 spiro atoms. The van der Waals surface area contributed by atoms with Crippen LogP contribution in [-0.2, 0) is 0 Å². The number of pyridine rings is 2. The van der Waals surface area contributed by atoms with Gasteiger partial charge in [-0.3, -0.25) is 14.5 Å². The molecule has 7 aromatic heterocycles. The van der Waals surface area contributed by atoms with E-state index in [1.807, 2.05) is 53.3 Å². The molecule has 3 nitrogen and oxygen atoms in total. The van der Waals surface area contributed by atoms with Gasteiger partial charge < -0.3 is 0 Å². The van der Waals surface area contributed by atoms with Gasteiger partial charge in [0.1, 0.15) is 5.00 Å². The lowest BCUT2D eigenvalue weighted by molar-refractivity contribution is 1.20. The van der Waals surface area contributed by atoms with E-state index in [2.05, 4.69) is 68.8 Å². The standard InChI is InChI=1S/C28H15N3S4/c1-2-8-29-19(3-1)20-12-18-17-11-16(25-13-26-23(34-25)6-9-32-26)4-5-21(17)31(22(18)15-30-20)28-14-27-24(35-28)7-10-33-27/h1-15H. The topological polar surface area (TPSA) is 30.7 Å². The van der Waals surface area contributed by atoms with Gasteiger partial charge in [-0.15, -0.1) is 45.3 Å². The molecule has 0 saturated carbocycles. The van der Waals surface area contributed by atoms with Crippen LogP contribution in [0.15, 0.2) is 89.9 Å². The van der Waals surface area contributed by atoms with Crippen LogP contribution in [0.3, 0.4) is 0 Å². The highest BCUT2D eigenvalue weighted by Crippen LogP contribution is 2.42. The van der Waals surface area contributed by atoms with Gasteiger partial charge in [-0.25, -0.2) is 0 Å². The number of hydrogen-bond donors (Lipinski definition) is 0. The van der Waals surface area contributed by atoms with Crippen molar-refractivity contribution in [2.24, 2.45) is 0 Å². The highest BCUT2D eigenvalue weighted by atomic mass is 32.1. The van der Waals surface area contributed by atoms with Gasteiger partial charge in [0.2, 0.25) is 0 Å². The Morgan fingerprint density at radius 3 is 2.26 bits per heavy atom. The zero-order chi connectivity index (χ0) is 22.9. The van der Waals surface area contributed by atoms with Gasteiger partial charge in [0.15, 0.2) is 0 Å². The summed E-state index contributed by atoms with van der Waals surface area (Å²) in [7, 11) is 0. The molecule has 35 heavy (non-hydrogen) atoms. The zero-order valence-electron chi connectivity index (χ0n) is 18.1. The molecule has 0 radical (unpaired) electrons. The second-order valence-corrected chi connectivity index (χ2v) is 12.4. The third-order valence-corrected chi connectivity index (χ3v) is 10.6. The van der Waals surface area contributed by atoms with Gasteiger partial charge in [0, 0.05) is 40.6 Å². The maximum Gasteiger partial charge on any atom is 0.102 e. The van der Waals surface area contributed by atoms with Crippen LogP contribution in [0, 0.1) is 0 Å². The zero-order valence-corrected chi connectivity index (χ0v) is 21.4. The molecule has 0 aliphatic rings. The van der Waals surface area contributed by atoms with Crippen LogP contribution in [0.5, 0.6) is 0 Å². The first-order chi connectivity index (χ1) is 17.3. The summed E-state index contributed by atoms with van der Waals surface area (Å²) < 4.78 is 7.73. The fraction of sp³-hybridized carbons (Fsp3) is 0. The van der Waals surface area contributed by atoms with Crippen molar-refractivity contribution >= 4 is 86.0 Å². The quantitative estimate of drug-likeness (QED) is 0.232. The molecule has 0 atom stereocenters. The fourth-order valence-electron chi connectivity index (χ4n) is 4.73. The Morgan fingerprint density at radius 2 is 1.46 bits per heavy atom. The van der Waals surface area contributed by atoms with Crippen LogP contribution in [0.2, 0.25) is 0 Å². The van der Waals surface area contributed by atoms with Gasteiger partial charge in [0.25, 0.3) is 0 Å². The highest BCUT2D eigenvalue weighted by Gasteiger charge is 2.18. The first kappa shape index (κ1) is 19.9. The minimum Gasteiger partial charge on any atom is -0.299 e. The fourth-order valence-corrected chi connectivity index (χ4v) is 8.97. The molecule has 8 rings (SSSR count). The van der Waals surface area contributed by atoms with Crippen LogP contribution >= 0.6 is 45.3 Å². The lowest BCUT2D eigenvalue weighted by Gasteiger charge is -2.05. The number of thiophene rings is 4. The maximum atomic E-state index is 4.83. The molecular formula is C28H15N3S4. The average molecular weight is 522 g/mol. The Morgan fingerprint density at radius 1 is 0.629 bits per heavy atom. The van der Waals surface area contributed by atoms with Crippen molar-refractivity contribution in [2.45, 2.75) is 0 Å². The van der Waals surface area contributed by atoms with Gasteiger partial charge in [0.05, 0.1) is 28.6 Å². The van der Waals surface area contributed by atoms with Crippen molar-refractivity contribution in [3.63, 3.8) is 0 Å². The molecule has 0 bridgehead atoms. The van der Waals surface area contributed by atoms with E-state index < -0.39 is 0 Å². The van der Waals surface area contributed by atoms with Crippen LogP contribution in [-0.4, -0.2) is 14.5 Å². The summed E-state index contributed by atoms with van der Waals surface area (Å²) in [5.41, 5.74) is 5.37. The smallest absolute Gasteiger partial charge is 0.102 e. The number of nitrogens with zero attached hydrogens (tertiary/aromatic N) is 3. The van der Waals surface area contributed by atoms with Crippen LogP contribution in [0.25, 0.3) is 67.4 Å². The van der Waals surface area contributed by atoms with Crippen molar-refractivity contribution < 1.29 is 0 Å². The summed E-state index contributed by atoms with van der Waals surface area (Å²) in [5.74, 6) is 0. The Labute approximate surface area is 216 Å². The molecule has 7 heteroatoms. The third-order valence-electron chi connectivity index (χ3n) is 6.35. The van der Waals surface area contributed by atoms with Crippen LogP contribution < -0.4 is 0 Å². The Balaban J connectivity index is 1.42. The molecule has 0 fully saturated rings. The molecule has 166 valence electrons. The first-order valence-electron chi connectivity index (χ1n) is 11.1. The molecule has 7 heterocycles. The summed E-state index contributed by atoms with van der Waals surface area (Å²) in [5, 5.41) is 8.00. The summed E-state index contributed by atoms with van der Waals surface area (Å²) in [4.78, 5) is 10.7. The highest BCUT2D eigenvalue weighted by molar-refractivity contribution is 7.29. The Kier molecular flexibility index (Phi) is 4.30. The number of benzene rings is 1. The Bertz CT molecular complexity index is 1960. The molecule has 1 aromatic carbocycles. The molecule has 0 amide bonds. The Hall–Kier alpha value is -3.36. The average Bonchev–Trinajstić information content (AvgIpc) is 3.68.